The number of alkyl halides is 2. The highest BCUT2D eigenvalue weighted by Gasteiger charge is 2.18. The highest BCUT2D eigenvalue weighted by molar-refractivity contribution is 5.29. The van der Waals surface area contributed by atoms with E-state index in [0.717, 1.165) is 24.4 Å². The lowest BCUT2D eigenvalue weighted by Crippen LogP contribution is -2.25. The van der Waals surface area contributed by atoms with Gasteiger partial charge in [-0.15, -0.1) is 5.10 Å². The maximum atomic E-state index is 12.9. The number of fused-ring (bicyclic) bond motifs is 1. The molecule has 0 aliphatic carbocycles. The van der Waals surface area contributed by atoms with Gasteiger partial charge in [-0.2, -0.15) is 0 Å². The first-order valence-electron chi connectivity index (χ1n) is 6.23. The fourth-order valence-electron chi connectivity index (χ4n) is 2.37. The van der Waals surface area contributed by atoms with Gasteiger partial charge in [-0.1, -0.05) is 29.5 Å². The van der Waals surface area contributed by atoms with Gasteiger partial charge in [0.2, 0.25) is 0 Å². The molecule has 0 bridgehead atoms. The third-order valence-corrected chi connectivity index (χ3v) is 3.36. The lowest BCUT2D eigenvalue weighted by molar-refractivity contribution is 0.150. The first kappa shape index (κ1) is 12.2. The first-order valence-corrected chi connectivity index (χ1v) is 6.23. The molecule has 0 fully saturated rings. The lowest BCUT2D eigenvalue weighted by Gasteiger charge is -2.14. The number of benzene rings is 1. The number of hydrogen-bond acceptors (Lipinski definition) is 3. The van der Waals surface area contributed by atoms with Crippen molar-refractivity contribution in [1.82, 2.24) is 20.3 Å². The lowest BCUT2D eigenvalue weighted by atomic mass is 10.1. The summed E-state index contributed by atoms with van der Waals surface area (Å²) in [4.78, 5) is 0. The summed E-state index contributed by atoms with van der Waals surface area (Å²) in [6.07, 6.45) is -1.63. The summed E-state index contributed by atoms with van der Waals surface area (Å²) in [6.45, 7) is 1.92. The molecule has 0 atom stereocenters. The third-order valence-electron chi connectivity index (χ3n) is 3.36. The zero-order valence-electron chi connectivity index (χ0n) is 10.3. The molecule has 1 N–H and O–H groups in total. The van der Waals surface area contributed by atoms with Crippen LogP contribution in [0.1, 0.15) is 28.9 Å². The molecule has 2 aromatic rings. The summed E-state index contributed by atoms with van der Waals surface area (Å²) in [7, 11) is 0. The highest BCUT2D eigenvalue weighted by Crippen LogP contribution is 2.24. The summed E-state index contributed by atoms with van der Waals surface area (Å²) < 4.78 is 27.6. The molecule has 2 heterocycles. The molecule has 100 valence electrons. The number of rotatable bonds is 3. The SMILES string of the molecule is FC(F)c1ccccc1Cn1nnc2c1CCNC2. The van der Waals surface area contributed by atoms with Crippen LogP contribution in [0.3, 0.4) is 0 Å². The molecule has 4 nitrogen and oxygen atoms in total. The maximum Gasteiger partial charge on any atom is 0.264 e. The van der Waals surface area contributed by atoms with Crippen molar-refractivity contribution in [3.8, 4) is 0 Å². The number of aromatic nitrogens is 3. The van der Waals surface area contributed by atoms with E-state index in [1.165, 1.54) is 6.07 Å². The minimum Gasteiger partial charge on any atom is -0.311 e. The second-order valence-electron chi connectivity index (χ2n) is 4.57. The second-order valence-corrected chi connectivity index (χ2v) is 4.57. The Hall–Kier alpha value is -1.82. The summed E-state index contributed by atoms with van der Waals surface area (Å²) in [6, 6.07) is 6.58. The molecule has 0 radical (unpaired) electrons. The maximum absolute atomic E-state index is 12.9. The fourth-order valence-corrected chi connectivity index (χ4v) is 2.37. The molecule has 3 rings (SSSR count). The van der Waals surface area contributed by atoms with Gasteiger partial charge in [-0.25, -0.2) is 13.5 Å². The van der Waals surface area contributed by atoms with Crippen molar-refractivity contribution < 1.29 is 8.78 Å². The Bertz CT molecular complexity index is 580. The largest absolute Gasteiger partial charge is 0.311 e. The van der Waals surface area contributed by atoms with E-state index in [4.69, 9.17) is 0 Å². The monoisotopic (exact) mass is 264 g/mol. The molecule has 0 unspecified atom stereocenters. The first-order chi connectivity index (χ1) is 9.25. The van der Waals surface area contributed by atoms with Crippen molar-refractivity contribution in [3.05, 3.63) is 46.8 Å². The molecule has 6 heteroatoms. The van der Waals surface area contributed by atoms with Crippen LogP contribution in [0.2, 0.25) is 0 Å². The minimum absolute atomic E-state index is 0.0701. The number of hydrogen-bond donors (Lipinski definition) is 1. The van der Waals surface area contributed by atoms with E-state index < -0.39 is 6.43 Å². The van der Waals surface area contributed by atoms with Gasteiger partial charge < -0.3 is 5.32 Å². The van der Waals surface area contributed by atoms with Gasteiger partial charge in [0.15, 0.2) is 0 Å². The van der Waals surface area contributed by atoms with Crippen LogP contribution in [0.25, 0.3) is 0 Å². The van der Waals surface area contributed by atoms with Crippen molar-refractivity contribution in [2.24, 2.45) is 0 Å². The standard InChI is InChI=1S/C13H14F2N4/c14-13(15)10-4-2-1-3-9(10)8-19-12-5-6-16-7-11(12)17-18-19/h1-4,13,16H,5-8H2. The Morgan fingerprint density at radius 3 is 3.00 bits per heavy atom. The third kappa shape index (κ3) is 2.35. The Labute approximate surface area is 109 Å². The van der Waals surface area contributed by atoms with Gasteiger partial charge in [-0.3, -0.25) is 0 Å². The van der Waals surface area contributed by atoms with Gasteiger partial charge in [0, 0.05) is 25.1 Å². The van der Waals surface area contributed by atoms with Crippen molar-refractivity contribution in [2.45, 2.75) is 25.9 Å². The van der Waals surface area contributed by atoms with Crippen LogP contribution in [0.5, 0.6) is 0 Å². The average molecular weight is 264 g/mol. The smallest absolute Gasteiger partial charge is 0.264 e. The predicted octanol–water partition coefficient (Wildman–Crippen LogP) is 1.91. The Kier molecular flexibility index (Phi) is 3.25. The van der Waals surface area contributed by atoms with Gasteiger partial charge in [0.05, 0.1) is 17.9 Å². The molecule has 0 amide bonds. The Morgan fingerprint density at radius 1 is 1.32 bits per heavy atom. The van der Waals surface area contributed by atoms with Crippen LogP contribution in [0.4, 0.5) is 8.78 Å². The topological polar surface area (TPSA) is 42.7 Å². The van der Waals surface area contributed by atoms with Gasteiger partial charge >= 0.3 is 0 Å². The van der Waals surface area contributed by atoms with Crippen molar-refractivity contribution in [3.63, 3.8) is 0 Å². The molecule has 1 aliphatic heterocycles. The van der Waals surface area contributed by atoms with Gasteiger partial charge in [-0.05, 0) is 5.56 Å². The zero-order chi connectivity index (χ0) is 13.2. The van der Waals surface area contributed by atoms with Crippen molar-refractivity contribution >= 4 is 0 Å². The Balaban J connectivity index is 1.91. The fraction of sp³-hybridized carbons (Fsp3) is 0.385. The summed E-state index contributed by atoms with van der Waals surface area (Å²) in [5, 5.41) is 11.4. The summed E-state index contributed by atoms with van der Waals surface area (Å²) >= 11 is 0. The van der Waals surface area contributed by atoms with Crippen LogP contribution < -0.4 is 5.32 Å². The number of nitrogens with one attached hydrogen (secondary N) is 1. The second kappa shape index (κ2) is 5.05. The molecule has 0 saturated heterocycles. The molecule has 0 saturated carbocycles. The molecule has 1 aliphatic rings. The van der Waals surface area contributed by atoms with Crippen LogP contribution >= 0.6 is 0 Å². The van der Waals surface area contributed by atoms with E-state index in [1.807, 2.05) is 0 Å². The average Bonchev–Trinajstić information content (AvgIpc) is 2.83. The molecular formula is C13H14F2N4. The predicted molar refractivity (Wildman–Crippen MR) is 65.9 cm³/mol. The van der Waals surface area contributed by atoms with Crippen LogP contribution in [-0.2, 0) is 19.5 Å². The highest BCUT2D eigenvalue weighted by atomic mass is 19.3. The minimum atomic E-state index is -2.46. The quantitative estimate of drug-likeness (QED) is 0.921. The zero-order valence-corrected chi connectivity index (χ0v) is 10.3. The van der Waals surface area contributed by atoms with E-state index in [1.54, 1.807) is 22.9 Å². The molecule has 19 heavy (non-hydrogen) atoms. The normalized spacial score (nSPS) is 14.7. The number of halogens is 2. The van der Waals surface area contributed by atoms with Gasteiger partial charge in [0.25, 0.3) is 6.43 Å². The van der Waals surface area contributed by atoms with E-state index in [9.17, 15) is 8.78 Å². The summed E-state index contributed by atoms with van der Waals surface area (Å²) in [5.41, 5.74) is 2.63. The molecule has 1 aromatic carbocycles. The van der Waals surface area contributed by atoms with E-state index in [-0.39, 0.29) is 5.56 Å². The Morgan fingerprint density at radius 2 is 2.16 bits per heavy atom. The van der Waals surface area contributed by atoms with Crippen molar-refractivity contribution in [2.75, 3.05) is 6.54 Å². The molecule has 0 spiro atoms. The molecular weight excluding hydrogens is 250 g/mol. The van der Waals surface area contributed by atoms with E-state index >= 15 is 0 Å². The van der Waals surface area contributed by atoms with Gasteiger partial charge in [0.1, 0.15) is 0 Å². The van der Waals surface area contributed by atoms with E-state index in [2.05, 4.69) is 15.6 Å². The van der Waals surface area contributed by atoms with Crippen molar-refractivity contribution in [1.29, 1.82) is 0 Å². The van der Waals surface area contributed by atoms with Crippen LogP contribution in [0, 0.1) is 0 Å². The van der Waals surface area contributed by atoms with E-state index in [0.29, 0.717) is 18.7 Å². The summed E-state index contributed by atoms with van der Waals surface area (Å²) in [5.74, 6) is 0. The molecule has 1 aromatic heterocycles. The number of nitrogens with zero attached hydrogens (tertiary/aromatic N) is 3. The van der Waals surface area contributed by atoms with Crippen LogP contribution in [0.15, 0.2) is 24.3 Å². The van der Waals surface area contributed by atoms with Crippen LogP contribution in [-0.4, -0.2) is 21.5 Å².